The van der Waals surface area contributed by atoms with Gasteiger partial charge in [0.2, 0.25) is 0 Å². The van der Waals surface area contributed by atoms with E-state index < -0.39 is 0 Å². The maximum atomic E-state index is 4.40. The Labute approximate surface area is 187 Å². The maximum Gasteiger partial charge on any atom is 0.178 e. The second-order valence-corrected chi connectivity index (χ2v) is 7.57. The lowest BCUT2D eigenvalue weighted by Gasteiger charge is -2.19. The van der Waals surface area contributed by atoms with Gasteiger partial charge in [-0.3, -0.25) is 5.32 Å². The molecular formula is C27H23N5. The number of nitrogens with zero attached hydrogens (tertiary/aromatic N) is 4. The number of tetrazole rings is 1. The van der Waals surface area contributed by atoms with Gasteiger partial charge in [-0.15, -0.1) is 5.10 Å². The van der Waals surface area contributed by atoms with Gasteiger partial charge in [0.25, 0.3) is 0 Å². The molecule has 5 nitrogen and oxygen atoms in total. The van der Waals surface area contributed by atoms with E-state index in [4.69, 9.17) is 0 Å². The molecule has 0 saturated carbocycles. The standard InChI is InChI=1S/C27H23N5/c1-4-10-21(11-5-1)20-28-26(27-29-30-31-32(27)25-14-8-3-9-15-25)24-18-16-23(17-19-24)22-12-6-2-7-13-22/h1-19,26,28H,20H2. The lowest BCUT2D eigenvalue weighted by atomic mass is 10.00. The Morgan fingerprint density at radius 2 is 1.25 bits per heavy atom. The average Bonchev–Trinajstić information content (AvgIpc) is 3.36. The minimum absolute atomic E-state index is 0.171. The molecular weight excluding hydrogens is 394 g/mol. The van der Waals surface area contributed by atoms with Gasteiger partial charge in [0, 0.05) is 6.54 Å². The summed E-state index contributed by atoms with van der Waals surface area (Å²) in [5.74, 6) is 0.750. The Morgan fingerprint density at radius 1 is 0.656 bits per heavy atom. The van der Waals surface area contributed by atoms with Crippen molar-refractivity contribution < 1.29 is 0 Å². The molecule has 1 atom stereocenters. The van der Waals surface area contributed by atoms with Crippen molar-refractivity contribution in [2.75, 3.05) is 0 Å². The zero-order valence-electron chi connectivity index (χ0n) is 17.5. The number of rotatable bonds is 7. The second-order valence-electron chi connectivity index (χ2n) is 7.57. The summed E-state index contributed by atoms with van der Waals surface area (Å²) in [6.45, 7) is 0.702. The van der Waals surface area contributed by atoms with E-state index in [0.29, 0.717) is 6.54 Å². The van der Waals surface area contributed by atoms with E-state index in [2.05, 4.69) is 93.6 Å². The van der Waals surface area contributed by atoms with Crippen LogP contribution in [0.2, 0.25) is 0 Å². The topological polar surface area (TPSA) is 55.6 Å². The fourth-order valence-electron chi connectivity index (χ4n) is 3.80. The molecule has 0 amide bonds. The normalized spacial score (nSPS) is 11.9. The molecule has 0 bridgehead atoms. The van der Waals surface area contributed by atoms with Crippen LogP contribution < -0.4 is 5.32 Å². The fraction of sp³-hybridized carbons (Fsp3) is 0.0741. The van der Waals surface area contributed by atoms with E-state index in [1.807, 2.05) is 42.5 Å². The van der Waals surface area contributed by atoms with Crippen LogP contribution in [0.5, 0.6) is 0 Å². The first-order valence-corrected chi connectivity index (χ1v) is 10.6. The molecule has 1 N–H and O–H groups in total. The zero-order valence-corrected chi connectivity index (χ0v) is 17.5. The summed E-state index contributed by atoms with van der Waals surface area (Å²) in [6.07, 6.45) is 0. The van der Waals surface area contributed by atoms with E-state index >= 15 is 0 Å². The van der Waals surface area contributed by atoms with Crippen LogP contribution in [0.15, 0.2) is 115 Å². The molecule has 156 valence electrons. The van der Waals surface area contributed by atoms with Gasteiger partial charge in [-0.25, -0.2) is 0 Å². The predicted octanol–water partition coefficient (Wildman–Crippen LogP) is 5.21. The highest BCUT2D eigenvalue weighted by Crippen LogP contribution is 2.26. The summed E-state index contributed by atoms with van der Waals surface area (Å²) in [4.78, 5) is 0. The summed E-state index contributed by atoms with van der Waals surface area (Å²) < 4.78 is 1.80. The third-order valence-electron chi connectivity index (χ3n) is 5.46. The Morgan fingerprint density at radius 3 is 1.94 bits per heavy atom. The first kappa shape index (κ1) is 19.8. The van der Waals surface area contributed by atoms with Crippen LogP contribution in [0.3, 0.4) is 0 Å². The highest BCUT2D eigenvalue weighted by molar-refractivity contribution is 5.63. The predicted molar refractivity (Wildman–Crippen MR) is 126 cm³/mol. The van der Waals surface area contributed by atoms with E-state index in [9.17, 15) is 0 Å². The molecule has 4 aromatic carbocycles. The first-order valence-electron chi connectivity index (χ1n) is 10.6. The highest BCUT2D eigenvalue weighted by Gasteiger charge is 2.22. The Balaban J connectivity index is 1.50. The largest absolute Gasteiger partial charge is 0.299 e. The van der Waals surface area contributed by atoms with E-state index in [1.165, 1.54) is 16.7 Å². The molecule has 1 heterocycles. The van der Waals surface area contributed by atoms with Crippen LogP contribution in [-0.2, 0) is 6.54 Å². The summed E-state index contributed by atoms with van der Waals surface area (Å²) >= 11 is 0. The Hall–Kier alpha value is -4.09. The molecule has 0 aliphatic heterocycles. The Bertz CT molecular complexity index is 1250. The van der Waals surface area contributed by atoms with Crippen LogP contribution in [0.1, 0.15) is 23.0 Å². The Kier molecular flexibility index (Phi) is 5.81. The van der Waals surface area contributed by atoms with Crippen molar-refractivity contribution in [2.24, 2.45) is 0 Å². The fourth-order valence-corrected chi connectivity index (χ4v) is 3.80. The van der Waals surface area contributed by atoms with Crippen molar-refractivity contribution in [3.05, 3.63) is 132 Å². The number of hydrogen-bond donors (Lipinski definition) is 1. The molecule has 5 aromatic rings. The monoisotopic (exact) mass is 417 g/mol. The lowest BCUT2D eigenvalue weighted by molar-refractivity contribution is 0.561. The van der Waals surface area contributed by atoms with Gasteiger partial charge < -0.3 is 0 Å². The third-order valence-corrected chi connectivity index (χ3v) is 5.46. The lowest BCUT2D eigenvalue weighted by Crippen LogP contribution is -2.25. The van der Waals surface area contributed by atoms with Gasteiger partial charge in [-0.1, -0.05) is 103 Å². The van der Waals surface area contributed by atoms with Crippen LogP contribution in [0, 0.1) is 0 Å². The quantitative estimate of drug-likeness (QED) is 0.395. The minimum atomic E-state index is -0.171. The van der Waals surface area contributed by atoms with Gasteiger partial charge in [0.05, 0.1) is 11.7 Å². The molecule has 0 radical (unpaired) electrons. The van der Waals surface area contributed by atoms with Gasteiger partial charge in [0.1, 0.15) is 0 Å². The van der Waals surface area contributed by atoms with Crippen molar-refractivity contribution >= 4 is 0 Å². The average molecular weight is 418 g/mol. The summed E-state index contributed by atoms with van der Waals surface area (Å²) in [7, 11) is 0. The zero-order chi connectivity index (χ0) is 21.6. The SMILES string of the molecule is c1ccc(CNC(c2ccc(-c3ccccc3)cc2)c2nnnn2-c2ccccc2)cc1. The highest BCUT2D eigenvalue weighted by atomic mass is 15.5. The van der Waals surface area contributed by atoms with E-state index in [0.717, 1.165) is 17.1 Å². The molecule has 5 heteroatoms. The number of benzene rings is 4. The van der Waals surface area contributed by atoms with Crippen molar-refractivity contribution in [3.63, 3.8) is 0 Å². The third kappa shape index (κ3) is 4.33. The van der Waals surface area contributed by atoms with Crippen molar-refractivity contribution in [1.29, 1.82) is 0 Å². The van der Waals surface area contributed by atoms with Crippen molar-refractivity contribution in [3.8, 4) is 16.8 Å². The first-order chi connectivity index (χ1) is 15.9. The molecule has 1 unspecified atom stereocenters. The van der Waals surface area contributed by atoms with Gasteiger partial charge in [-0.2, -0.15) is 4.68 Å². The molecule has 0 aliphatic carbocycles. The second kappa shape index (κ2) is 9.37. The molecule has 0 spiro atoms. The van der Waals surface area contributed by atoms with Crippen LogP contribution in [0.4, 0.5) is 0 Å². The molecule has 1 aromatic heterocycles. The van der Waals surface area contributed by atoms with E-state index in [1.54, 1.807) is 4.68 Å². The number of hydrogen-bond acceptors (Lipinski definition) is 4. The molecule has 5 rings (SSSR count). The molecule has 0 fully saturated rings. The molecule has 0 saturated heterocycles. The number of para-hydroxylation sites is 1. The van der Waals surface area contributed by atoms with Crippen LogP contribution in [-0.4, -0.2) is 20.2 Å². The molecule has 0 aliphatic rings. The van der Waals surface area contributed by atoms with Gasteiger partial charge in [0.15, 0.2) is 5.82 Å². The number of nitrogens with one attached hydrogen (secondary N) is 1. The molecule has 32 heavy (non-hydrogen) atoms. The summed E-state index contributed by atoms with van der Waals surface area (Å²) in [5.41, 5.74) is 5.62. The van der Waals surface area contributed by atoms with E-state index in [-0.39, 0.29) is 6.04 Å². The minimum Gasteiger partial charge on any atom is -0.299 e. The number of aromatic nitrogens is 4. The van der Waals surface area contributed by atoms with Gasteiger partial charge in [-0.05, 0) is 44.8 Å². The van der Waals surface area contributed by atoms with Crippen molar-refractivity contribution in [1.82, 2.24) is 25.5 Å². The van der Waals surface area contributed by atoms with Crippen molar-refractivity contribution in [2.45, 2.75) is 12.6 Å². The van der Waals surface area contributed by atoms with Gasteiger partial charge >= 0.3 is 0 Å². The maximum absolute atomic E-state index is 4.40. The smallest absolute Gasteiger partial charge is 0.178 e. The van der Waals surface area contributed by atoms with Crippen LogP contribution in [0.25, 0.3) is 16.8 Å². The summed E-state index contributed by atoms with van der Waals surface area (Å²) in [5, 5.41) is 16.3. The van der Waals surface area contributed by atoms with Crippen LogP contribution >= 0.6 is 0 Å². The summed E-state index contributed by atoms with van der Waals surface area (Å²) in [6, 6.07) is 39.1.